The average molecular weight is 1120 g/mol. The fourth-order valence-electron chi connectivity index (χ4n) is 7.44. The van der Waals surface area contributed by atoms with Gasteiger partial charge in [0.05, 0.1) is 22.8 Å². The van der Waals surface area contributed by atoms with Crippen LogP contribution in [0.3, 0.4) is 0 Å². The Hall–Kier alpha value is -5.16. The van der Waals surface area contributed by atoms with Crippen LogP contribution in [0.15, 0.2) is 134 Å². The molecular formula is C50H26Cl8N8Ru. The van der Waals surface area contributed by atoms with Gasteiger partial charge in [0.1, 0.15) is 0 Å². The van der Waals surface area contributed by atoms with Gasteiger partial charge in [-0.1, -0.05) is 153 Å². The molecule has 0 radical (unpaired) electrons. The van der Waals surface area contributed by atoms with E-state index in [1.54, 1.807) is 110 Å². The summed E-state index contributed by atoms with van der Waals surface area (Å²) in [5.41, 5.74) is 8.93. The van der Waals surface area contributed by atoms with Crippen molar-refractivity contribution in [2.75, 3.05) is 0 Å². The fraction of sp³-hybridized carbons (Fsp3) is 0. The summed E-state index contributed by atoms with van der Waals surface area (Å²) >= 11 is 55.4. The summed E-state index contributed by atoms with van der Waals surface area (Å²) in [6, 6.07) is 32.4. The Morgan fingerprint density at radius 2 is 0.537 bits per heavy atom. The minimum Gasteiger partial charge on any atom is -0.657 e. The monoisotopic (exact) mass is 1120 g/mol. The average Bonchev–Trinajstić information content (AvgIpc) is 4.15. The first-order valence-electron chi connectivity index (χ1n) is 19.7. The van der Waals surface area contributed by atoms with Crippen LogP contribution < -0.4 is 20.2 Å². The zero-order chi connectivity index (χ0) is 45.9. The van der Waals surface area contributed by atoms with Crippen LogP contribution in [0, 0.1) is 0 Å². The molecule has 0 atom stereocenters. The van der Waals surface area contributed by atoms with Crippen molar-refractivity contribution in [3.8, 4) is 44.5 Å². The van der Waals surface area contributed by atoms with Gasteiger partial charge in [0.2, 0.25) is 0 Å². The number of halogens is 8. The molecule has 17 heteroatoms. The van der Waals surface area contributed by atoms with Gasteiger partial charge in [-0.2, -0.15) is 12.4 Å². The molecule has 5 aromatic heterocycles. The summed E-state index contributed by atoms with van der Waals surface area (Å²) in [4.78, 5) is 20.8. The number of rotatable bonds is 4. The van der Waals surface area contributed by atoms with E-state index in [1.807, 2.05) is 48.6 Å². The summed E-state index contributed by atoms with van der Waals surface area (Å²) in [5.74, 6) is 0. The Morgan fingerprint density at radius 3 is 0.716 bits per heavy atom. The van der Waals surface area contributed by atoms with Gasteiger partial charge >= 0.3 is 19.5 Å². The molecular weight excluding hydrogens is 1100 g/mol. The van der Waals surface area contributed by atoms with E-state index in [1.165, 1.54) is 0 Å². The zero-order valence-electron chi connectivity index (χ0n) is 34.0. The maximum Gasteiger partial charge on any atom is 4.00 e. The number of nitrogens with zero attached hydrogens (tertiary/aromatic N) is 8. The normalized spacial score (nSPS) is 11.3. The molecule has 0 spiro atoms. The van der Waals surface area contributed by atoms with E-state index < -0.39 is 0 Å². The van der Waals surface area contributed by atoms with Gasteiger partial charge in [0, 0.05) is 74.8 Å². The summed E-state index contributed by atoms with van der Waals surface area (Å²) in [7, 11) is 0. The minimum atomic E-state index is 0. The van der Waals surface area contributed by atoms with Crippen molar-refractivity contribution < 1.29 is 19.5 Å². The number of benzene rings is 4. The summed E-state index contributed by atoms with van der Waals surface area (Å²) in [5, 5.41) is 17.2. The van der Waals surface area contributed by atoms with Gasteiger partial charge in [-0.3, -0.25) is 0 Å². The standard InChI is InChI=1S/C44H20Cl8N4.2C3H3N2.Ru/c45-21-5-1-6-22(46)37(21)41-29-13-15-31(53-29)42(38-23(47)7-2-8-24(38)48)33-17-19-35(55-33)44(40-27(51)11-4-12-28(40)52)36-20-18-34(56-36)43(32-16-14-30(41)54-32)39-25(49)9-3-10-26(39)50;2*1-2-4-5-3-1;/h1-20H;2*1-3H;/q-2;2*-1;+4. The molecule has 8 nitrogen and oxygen atoms in total. The molecule has 4 aromatic carbocycles. The van der Waals surface area contributed by atoms with E-state index in [2.05, 4.69) is 20.4 Å². The smallest absolute Gasteiger partial charge is 0.657 e. The number of hydrogen-bond acceptors (Lipinski definition) is 4. The molecule has 9 aromatic rings. The van der Waals surface area contributed by atoms with Gasteiger partial charge in [0.15, 0.2) is 0 Å². The Balaban J connectivity index is 0.000000492. The maximum atomic E-state index is 6.93. The van der Waals surface area contributed by atoms with E-state index in [9.17, 15) is 0 Å². The molecule has 0 unspecified atom stereocenters. The minimum absolute atomic E-state index is 0. The Bertz CT molecular complexity index is 2950. The first-order valence-corrected chi connectivity index (χ1v) is 22.7. The quantitative estimate of drug-likeness (QED) is 0.160. The van der Waals surface area contributed by atoms with Gasteiger partial charge in [-0.15, -0.1) is 22.1 Å². The Labute approximate surface area is 436 Å². The molecule has 330 valence electrons. The number of fused-ring (bicyclic) bond motifs is 8. The molecule has 2 aliphatic rings. The third-order valence-electron chi connectivity index (χ3n) is 10.2. The van der Waals surface area contributed by atoms with Crippen molar-refractivity contribution in [1.29, 1.82) is 0 Å². The molecule has 8 bridgehead atoms. The summed E-state index contributed by atoms with van der Waals surface area (Å²) < 4.78 is 0. The van der Waals surface area contributed by atoms with E-state index in [0.29, 0.717) is 130 Å². The van der Waals surface area contributed by atoms with E-state index in [-0.39, 0.29) is 19.5 Å². The van der Waals surface area contributed by atoms with Crippen molar-refractivity contribution >= 4 is 139 Å². The van der Waals surface area contributed by atoms with Crippen molar-refractivity contribution in [2.45, 2.75) is 0 Å². The molecule has 0 aliphatic carbocycles. The van der Waals surface area contributed by atoms with Gasteiger partial charge < -0.3 is 30.4 Å². The number of aromatic nitrogens is 8. The first-order chi connectivity index (χ1) is 32.1. The van der Waals surface area contributed by atoms with Crippen LogP contribution in [-0.2, 0) is 19.5 Å². The second-order valence-corrected chi connectivity index (χ2v) is 17.4. The topological polar surface area (TPSA) is 108 Å². The third-order valence-corrected chi connectivity index (χ3v) is 12.7. The van der Waals surface area contributed by atoms with Crippen molar-refractivity contribution in [3.05, 3.63) is 197 Å². The first kappa shape index (κ1) is 48.3. The van der Waals surface area contributed by atoms with E-state index in [4.69, 9.17) is 113 Å². The predicted molar refractivity (Wildman–Crippen MR) is 274 cm³/mol. The zero-order valence-corrected chi connectivity index (χ0v) is 41.8. The van der Waals surface area contributed by atoms with Crippen molar-refractivity contribution in [1.82, 2.24) is 40.3 Å². The molecule has 7 heterocycles. The molecule has 0 saturated heterocycles. The molecule has 2 aliphatic heterocycles. The molecule has 0 saturated carbocycles. The molecule has 0 fully saturated rings. The van der Waals surface area contributed by atoms with Gasteiger partial charge in [0.25, 0.3) is 0 Å². The van der Waals surface area contributed by atoms with Crippen molar-refractivity contribution in [3.63, 3.8) is 0 Å². The Morgan fingerprint density at radius 1 is 0.299 bits per heavy atom. The third kappa shape index (κ3) is 10.0. The Kier molecular flexibility index (Phi) is 15.4. The molecule has 11 rings (SSSR count). The molecule has 0 N–H and O–H groups in total. The largest absolute Gasteiger partial charge is 4.00 e. The van der Waals surface area contributed by atoms with Gasteiger partial charge in [-0.05, 0) is 95.1 Å². The van der Waals surface area contributed by atoms with Crippen LogP contribution in [0.25, 0.3) is 90.9 Å². The molecule has 0 amide bonds. The van der Waals surface area contributed by atoms with Crippen LogP contribution in [-0.4, -0.2) is 20.2 Å². The fourth-order valence-corrected chi connectivity index (χ4v) is 9.79. The van der Waals surface area contributed by atoms with Crippen LogP contribution >= 0.6 is 92.8 Å². The predicted octanol–water partition coefficient (Wildman–Crippen LogP) is 15.9. The van der Waals surface area contributed by atoms with Crippen LogP contribution in [0.2, 0.25) is 40.2 Å². The summed E-state index contributed by atoms with van der Waals surface area (Å²) in [6.45, 7) is 0. The second kappa shape index (κ2) is 21.4. The van der Waals surface area contributed by atoms with Crippen LogP contribution in [0.5, 0.6) is 0 Å². The SMILES string of the molecule is Clc1cccc(Cl)c1-c1c2nc(c(-c3c(Cl)cccc3Cl)c3ccc([n-]3)c(-c3c(Cl)cccc3Cl)c3nc(c(-c4c(Cl)cccc4Cl)c4ccc1[n-]4)C=C3)C=C2.[Ru+4].c1cn[n-]c1.c1cn[n-]c1. The summed E-state index contributed by atoms with van der Waals surface area (Å²) in [6.07, 6.45) is 14.1. The van der Waals surface area contributed by atoms with E-state index >= 15 is 0 Å². The van der Waals surface area contributed by atoms with Crippen LogP contribution in [0.1, 0.15) is 22.8 Å². The van der Waals surface area contributed by atoms with E-state index in [0.717, 1.165) is 0 Å². The van der Waals surface area contributed by atoms with Crippen LogP contribution in [0.4, 0.5) is 0 Å². The number of hydrogen-bond donors (Lipinski definition) is 0. The van der Waals surface area contributed by atoms with Crippen molar-refractivity contribution in [2.24, 2.45) is 0 Å². The molecule has 67 heavy (non-hydrogen) atoms. The second-order valence-electron chi connectivity index (χ2n) is 14.2. The maximum absolute atomic E-state index is 6.93. The van der Waals surface area contributed by atoms with Gasteiger partial charge in [-0.25, -0.2) is 9.97 Å².